The molecule has 1 aromatic heterocycles. The second-order valence-electron chi connectivity index (χ2n) is 8.02. The predicted molar refractivity (Wildman–Crippen MR) is 117 cm³/mol. The molecule has 0 aliphatic carbocycles. The van der Waals surface area contributed by atoms with E-state index in [0.29, 0.717) is 5.69 Å². The Morgan fingerprint density at radius 3 is 2.38 bits per heavy atom. The van der Waals surface area contributed by atoms with Gasteiger partial charge >= 0.3 is 0 Å². The highest BCUT2D eigenvalue weighted by Crippen LogP contribution is 2.23. The van der Waals surface area contributed by atoms with Crippen LogP contribution < -0.4 is 16.2 Å². The normalized spacial score (nSPS) is 11.1. The van der Waals surface area contributed by atoms with E-state index in [1.807, 2.05) is 13.8 Å². The van der Waals surface area contributed by atoms with Gasteiger partial charge < -0.3 is 15.2 Å². The van der Waals surface area contributed by atoms with Gasteiger partial charge in [0, 0.05) is 29.9 Å². The van der Waals surface area contributed by atoms with Crippen LogP contribution in [0, 0.1) is 11.6 Å². The Morgan fingerprint density at radius 1 is 0.969 bits per heavy atom. The van der Waals surface area contributed by atoms with E-state index in [-0.39, 0.29) is 24.5 Å². The lowest BCUT2D eigenvalue weighted by atomic mass is 9.84. The van der Waals surface area contributed by atoms with Crippen LogP contribution in [0.3, 0.4) is 0 Å². The first-order valence-corrected chi connectivity index (χ1v) is 9.94. The number of hydrogen-bond acceptors (Lipinski definition) is 3. The summed E-state index contributed by atoms with van der Waals surface area (Å²) in [6.07, 6.45) is 1.30. The number of aromatic nitrogens is 1. The average Bonchev–Trinajstić information content (AvgIpc) is 2.75. The third-order valence-electron chi connectivity index (χ3n) is 4.98. The van der Waals surface area contributed by atoms with E-state index >= 15 is 0 Å². The smallest absolute Gasteiger partial charge is 0.252 e. The molecular formula is C24H23F2N3O3. The molecule has 0 radical (unpaired) electrons. The molecule has 166 valence electrons. The largest absolute Gasteiger partial charge is 0.351 e. The van der Waals surface area contributed by atoms with Gasteiger partial charge in [-0.1, -0.05) is 26.0 Å². The number of anilines is 1. The third-order valence-corrected chi connectivity index (χ3v) is 4.98. The zero-order chi connectivity index (χ0) is 23.3. The predicted octanol–water partition coefficient (Wildman–Crippen LogP) is 3.47. The van der Waals surface area contributed by atoms with Crippen LogP contribution in [-0.4, -0.2) is 22.9 Å². The minimum Gasteiger partial charge on any atom is -0.351 e. The summed E-state index contributed by atoms with van der Waals surface area (Å²) in [6, 6.07) is 14.0. The molecule has 32 heavy (non-hydrogen) atoms. The van der Waals surface area contributed by atoms with E-state index in [9.17, 15) is 23.2 Å². The number of pyridine rings is 1. The number of carbonyl (C=O) groups excluding carboxylic acids is 2. The maximum atomic E-state index is 13.5. The van der Waals surface area contributed by atoms with Crippen molar-refractivity contribution < 1.29 is 18.4 Å². The molecule has 2 N–H and O–H groups in total. The Kier molecular flexibility index (Phi) is 6.82. The lowest BCUT2D eigenvalue weighted by Crippen LogP contribution is -2.37. The summed E-state index contributed by atoms with van der Waals surface area (Å²) in [5, 5.41) is 5.35. The summed E-state index contributed by atoms with van der Waals surface area (Å²) in [7, 11) is 0. The van der Waals surface area contributed by atoms with Crippen LogP contribution >= 0.6 is 0 Å². The van der Waals surface area contributed by atoms with E-state index in [2.05, 4.69) is 10.6 Å². The number of nitrogens with one attached hydrogen (secondary N) is 2. The number of nitrogens with zero attached hydrogens (tertiary/aromatic N) is 1. The summed E-state index contributed by atoms with van der Waals surface area (Å²) in [5.41, 5.74) is 0.352. The van der Waals surface area contributed by atoms with E-state index in [1.165, 1.54) is 54.7 Å². The minimum atomic E-state index is -0.527. The summed E-state index contributed by atoms with van der Waals surface area (Å²) >= 11 is 0. The highest BCUT2D eigenvalue weighted by atomic mass is 19.1. The van der Waals surface area contributed by atoms with Crippen LogP contribution in [0.15, 0.2) is 71.7 Å². The topological polar surface area (TPSA) is 80.2 Å². The molecule has 1 heterocycles. The number of halogens is 2. The van der Waals surface area contributed by atoms with Gasteiger partial charge in [0.2, 0.25) is 5.91 Å². The van der Waals surface area contributed by atoms with Gasteiger partial charge in [0.15, 0.2) is 0 Å². The van der Waals surface area contributed by atoms with Crippen LogP contribution in [0.25, 0.3) is 0 Å². The van der Waals surface area contributed by atoms with Crippen LogP contribution in [0.5, 0.6) is 0 Å². The van der Waals surface area contributed by atoms with Gasteiger partial charge in [-0.2, -0.15) is 0 Å². The lowest BCUT2D eigenvalue weighted by Gasteiger charge is -2.25. The van der Waals surface area contributed by atoms with Gasteiger partial charge in [0.1, 0.15) is 18.2 Å². The summed E-state index contributed by atoms with van der Waals surface area (Å²) in [5.74, 6) is -1.71. The number of benzene rings is 2. The zero-order valence-electron chi connectivity index (χ0n) is 17.7. The second-order valence-corrected chi connectivity index (χ2v) is 8.02. The quantitative estimate of drug-likeness (QED) is 0.592. The minimum absolute atomic E-state index is 0.203. The number of rotatable bonds is 7. The Morgan fingerprint density at radius 2 is 1.69 bits per heavy atom. The van der Waals surface area contributed by atoms with Gasteiger partial charge in [0.05, 0.1) is 5.56 Å². The van der Waals surface area contributed by atoms with E-state index in [4.69, 9.17) is 0 Å². The van der Waals surface area contributed by atoms with Crippen molar-refractivity contribution in [3.8, 4) is 0 Å². The Hall–Kier alpha value is -3.81. The Labute approximate surface area is 183 Å². The van der Waals surface area contributed by atoms with Gasteiger partial charge in [-0.25, -0.2) is 8.78 Å². The van der Waals surface area contributed by atoms with Gasteiger partial charge in [0.25, 0.3) is 11.5 Å². The van der Waals surface area contributed by atoms with Crippen molar-refractivity contribution in [3.63, 3.8) is 0 Å². The molecule has 0 saturated heterocycles. The van der Waals surface area contributed by atoms with Crippen molar-refractivity contribution in [2.24, 2.45) is 0 Å². The maximum Gasteiger partial charge on any atom is 0.252 e. The standard InChI is InChI=1S/C24H23F2N3O3/c1-24(2,17-4-3-5-19(26)12-17)15-27-23(32)16-6-11-22(31)29(13-16)14-21(30)28-20-9-7-18(25)8-10-20/h3-13H,14-15H2,1-2H3,(H,27,32)(H,28,30). The summed E-state index contributed by atoms with van der Waals surface area (Å²) in [4.78, 5) is 37.0. The number of carbonyl (C=O) groups is 2. The SMILES string of the molecule is CC(C)(CNC(=O)c1ccc(=O)n(CC(=O)Nc2ccc(F)cc2)c1)c1cccc(F)c1. The molecule has 0 aliphatic heterocycles. The van der Waals surface area contributed by atoms with Crippen molar-refractivity contribution in [1.29, 1.82) is 0 Å². The lowest BCUT2D eigenvalue weighted by molar-refractivity contribution is -0.116. The maximum absolute atomic E-state index is 13.5. The summed E-state index contributed by atoms with van der Waals surface area (Å²) in [6.45, 7) is 3.68. The molecule has 6 nitrogen and oxygen atoms in total. The average molecular weight is 439 g/mol. The fourth-order valence-corrected chi connectivity index (χ4v) is 3.09. The fraction of sp³-hybridized carbons (Fsp3) is 0.208. The molecule has 3 rings (SSSR count). The Balaban J connectivity index is 1.66. The van der Waals surface area contributed by atoms with Crippen molar-refractivity contribution in [2.45, 2.75) is 25.8 Å². The van der Waals surface area contributed by atoms with E-state index in [1.54, 1.807) is 12.1 Å². The van der Waals surface area contributed by atoms with Crippen LogP contribution in [0.2, 0.25) is 0 Å². The molecule has 0 bridgehead atoms. The van der Waals surface area contributed by atoms with Crippen molar-refractivity contribution in [3.05, 3.63) is 100.0 Å². The number of amides is 2. The first kappa shape index (κ1) is 22.9. The fourth-order valence-electron chi connectivity index (χ4n) is 3.09. The monoisotopic (exact) mass is 439 g/mol. The van der Waals surface area contributed by atoms with Crippen molar-refractivity contribution in [1.82, 2.24) is 9.88 Å². The van der Waals surface area contributed by atoms with Crippen LogP contribution in [0.4, 0.5) is 14.5 Å². The third kappa shape index (κ3) is 5.87. The first-order chi connectivity index (χ1) is 15.1. The number of hydrogen-bond donors (Lipinski definition) is 2. The molecule has 8 heteroatoms. The highest BCUT2D eigenvalue weighted by Gasteiger charge is 2.22. The molecule has 0 unspecified atom stereocenters. The Bertz CT molecular complexity index is 1190. The highest BCUT2D eigenvalue weighted by molar-refractivity contribution is 5.94. The first-order valence-electron chi connectivity index (χ1n) is 9.94. The molecule has 0 spiro atoms. The molecule has 0 atom stereocenters. The van der Waals surface area contributed by atoms with Crippen molar-refractivity contribution >= 4 is 17.5 Å². The van der Waals surface area contributed by atoms with Crippen LogP contribution in [0.1, 0.15) is 29.8 Å². The molecule has 2 amide bonds. The van der Waals surface area contributed by atoms with E-state index < -0.39 is 28.6 Å². The molecule has 2 aromatic carbocycles. The van der Waals surface area contributed by atoms with Gasteiger partial charge in [-0.15, -0.1) is 0 Å². The second kappa shape index (κ2) is 9.55. The van der Waals surface area contributed by atoms with E-state index in [0.717, 1.165) is 10.1 Å². The zero-order valence-corrected chi connectivity index (χ0v) is 17.7. The van der Waals surface area contributed by atoms with Gasteiger partial charge in [-0.05, 0) is 48.0 Å². The molecule has 0 aliphatic rings. The molecule has 0 fully saturated rings. The molecule has 3 aromatic rings. The summed E-state index contributed by atoms with van der Waals surface area (Å²) < 4.78 is 27.6. The van der Waals surface area contributed by atoms with Crippen molar-refractivity contribution in [2.75, 3.05) is 11.9 Å². The van der Waals surface area contributed by atoms with Gasteiger partial charge in [-0.3, -0.25) is 14.4 Å². The van der Waals surface area contributed by atoms with Crippen LogP contribution in [-0.2, 0) is 16.8 Å². The molecule has 0 saturated carbocycles. The molecular weight excluding hydrogens is 416 g/mol.